The summed E-state index contributed by atoms with van der Waals surface area (Å²) in [5, 5.41) is 27.7. The molecule has 0 aliphatic heterocycles. The van der Waals surface area contributed by atoms with Crippen LogP contribution in [-0.2, 0) is 70.3 Å². The number of aliphatic hydroxyl groups is 1. The second-order valence-electron chi connectivity index (χ2n) is 25.0. The van der Waals surface area contributed by atoms with Crippen molar-refractivity contribution in [1.82, 2.24) is 41.7 Å². The Kier molecular flexibility index (Phi) is 140. The zero-order chi connectivity index (χ0) is 81.9. The molecule has 0 aliphatic carbocycles. The molecule has 0 aromatic carbocycles. The van der Waals surface area contributed by atoms with Crippen LogP contribution in [0.4, 0.5) is 0 Å². The van der Waals surface area contributed by atoms with Crippen LogP contribution in [0.1, 0.15) is 252 Å². The summed E-state index contributed by atoms with van der Waals surface area (Å²) in [6.07, 6.45) is 39.1. The molecule has 0 spiro atoms. The molecule has 29 nitrogen and oxygen atoms in total. The number of nitrogens with zero attached hydrogens (tertiary/aromatic N) is 2. The maximum atomic E-state index is 12.3. The largest absolute Gasteiger partial charge is 1.00 e. The predicted molar refractivity (Wildman–Crippen MR) is 434 cm³/mol. The standard InChI is InChI=1S/C32H65N4O5S.C26H54N4O2.C3H7BrO3S.C3H7ClO4S.C3H5Cl.C3H6O3S.5Na.O3S.H2O/c1-4-7-9-11-13-15-17-20-31(37)33-22-26-35(24-6-3)28-29-36(25-19-30-42(39,40)41)27-23-34-32(38)21-18-16-14-12-10-8-5-2;1-3-5-7-9-11-13-15-17-25(31)29-23-21-27-19-20-28-22-24-30-26(32)18-16-14-12-10-8-6-4-2;4-2-1-3-8(5,6)7;4-1-3(5)2-9(6,7)8;1-2-3-4;1-2-3-7(4,5)6;;;;;;1-4(2)3;/h3-30H2,1-2H3,(H,33,37)(H,34,38)(H,39,40,41);27-28H,3-24H2,1-2H3,(H,29,31)(H,30,32);1-3H2,(H,5,6,7);3,5H,1-2H2,(H,6,7,8);2H,1,3H2;2H,1,3H2,(H,4,5,6);;;;;;;1H2/q-1;;;;;;5*+1;;/p-4. The van der Waals surface area contributed by atoms with E-state index < -0.39 is 68.7 Å². The van der Waals surface area contributed by atoms with Gasteiger partial charge in [0.1, 0.15) is 0 Å². The van der Waals surface area contributed by atoms with E-state index in [4.69, 9.17) is 40.9 Å². The summed E-state index contributed by atoms with van der Waals surface area (Å²) >= 11 is 13.1. The van der Waals surface area contributed by atoms with E-state index in [1.54, 1.807) is 6.08 Å². The van der Waals surface area contributed by atoms with Crippen molar-refractivity contribution < 1.29 is 242 Å². The second-order valence-corrected chi connectivity index (χ2v) is 32.8. The van der Waals surface area contributed by atoms with Crippen LogP contribution in [0.25, 0.3) is 0 Å². The molecule has 0 rings (SSSR count). The monoisotopic (exact) mass is 1850 g/mol. The van der Waals surface area contributed by atoms with E-state index in [2.05, 4.69) is 105 Å². The molecule has 0 bridgehead atoms. The predicted octanol–water partition coefficient (Wildman–Crippen LogP) is -6.29. The molecule has 42 heteroatoms. The summed E-state index contributed by atoms with van der Waals surface area (Å²) in [5.74, 6) is -1.12. The van der Waals surface area contributed by atoms with Crippen molar-refractivity contribution in [2.24, 2.45) is 0 Å². The van der Waals surface area contributed by atoms with Crippen LogP contribution < -0.4 is 180 Å². The molecule has 0 aliphatic rings. The van der Waals surface area contributed by atoms with Crippen molar-refractivity contribution in [3.05, 3.63) is 32.2 Å². The van der Waals surface area contributed by atoms with Gasteiger partial charge in [0.15, 0.2) is 0 Å². The van der Waals surface area contributed by atoms with Crippen LogP contribution >= 0.6 is 39.1 Å². The van der Waals surface area contributed by atoms with E-state index in [1.165, 1.54) is 141 Å². The van der Waals surface area contributed by atoms with Gasteiger partial charge in [0.05, 0.1) is 58.1 Å². The molecule has 1 atom stereocenters. The Morgan fingerprint density at radius 1 is 0.429 bits per heavy atom. The van der Waals surface area contributed by atoms with Crippen LogP contribution in [0.5, 0.6) is 0 Å². The number of nitrogens with one attached hydrogen (secondary N) is 6. The smallest absolute Gasteiger partial charge is 0.748 e. The van der Waals surface area contributed by atoms with E-state index in [-0.39, 0.29) is 201 Å². The number of unbranched alkanes of at least 4 members (excludes halogenated alkanes) is 24. The van der Waals surface area contributed by atoms with E-state index in [9.17, 15) is 71.1 Å². The molecule has 0 saturated heterocycles. The van der Waals surface area contributed by atoms with Gasteiger partial charge in [-0.15, -0.1) is 49.0 Å². The van der Waals surface area contributed by atoms with Crippen molar-refractivity contribution in [2.75, 3.05) is 132 Å². The average molecular weight is 1860 g/mol. The number of carbonyl (C=O) groups excluding carboxylic acids is 4. The number of hydrogen-bond acceptors (Lipinski definition) is 24. The summed E-state index contributed by atoms with van der Waals surface area (Å²) in [6.45, 7) is 29.0. The fraction of sp³-hybridized carbons (Fsp3) is 0.871. The van der Waals surface area contributed by atoms with Crippen molar-refractivity contribution in [2.45, 2.75) is 259 Å². The number of rotatable bonds is 65. The number of amides is 4. The Balaban J connectivity index is -0.000000111. The van der Waals surface area contributed by atoms with Gasteiger partial charge in [0.2, 0.25) is 23.6 Å². The number of aliphatic hydroxyl groups excluding tert-OH is 1. The normalized spacial score (nSPS) is 10.8. The van der Waals surface area contributed by atoms with E-state index in [0.29, 0.717) is 89.1 Å². The zero-order valence-corrected chi connectivity index (χ0v) is 87.4. The molecule has 1 unspecified atom stereocenters. The molecule has 9 N–H and O–H groups in total. The van der Waals surface area contributed by atoms with E-state index in [0.717, 1.165) is 96.8 Å². The van der Waals surface area contributed by atoms with Crippen molar-refractivity contribution >= 4 is 114 Å². The van der Waals surface area contributed by atoms with E-state index >= 15 is 0 Å². The van der Waals surface area contributed by atoms with Gasteiger partial charge in [-0.3, -0.25) is 19.2 Å². The van der Waals surface area contributed by atoms with Gasteiger partial charge in [0, 0.05) is 133 Å². The van der Waals surface area contributed by atoms with Gasteiger partial charge in [-0.05, 0) is 51.6 Å². The summed E-state index contributed by atoms with van der Waals surface area (Å²) in [4.78, 5) is 52.4. The van der Waals surface area contributed by atoms with Crippen LogP contribution in [-0.4, -0.2) is 246 Å². The first kappa shape index (κ1) is 143. The van der Waals surface area contributed by atoms with Crippen LogP contribution in [0.15, 0.2) is 25.3 Å². The third-order valence-electron chi connectivity index (χ3n) is 14.9. The van der Waals surface area contributed by atoms with Crippen molar-refractivity contribution in [1.29, 1.82) is 0 Å². The Morgan fingerprint density at radius 3 is 0.911 bits per heavy atom. The number of halogens is 3. The average Bonchev–Trinajstić information content (AvgIpc) is 0.914. The topological polar surface area (TPSA) is 479 Å². The van der Waals surface area contributed by atoms with Gasteiger partial charge in [0.25, 0.3) is 0 Å². The summed E-state index contributed by atoms with van der Waals surface area (Å²) in [7, 11) is -19.7. The minimum atomic E-state index is -4.32. The first-order chi connectivity index (χ1) is 50.1. The Hall–Kier alpha value is 2.44. The maximum absolute atomic E-state index is 12.3. The first-order valence-corrected chi connectivity index (χ1v) is 47.4. The summed E-state index contributed by atoms with van der Waals surface area (Å²) in [6, 6.07) is 0. The molecule has 0 saturated carbocycles. The molecular formula is C70H142BrCl2N8Na5O21S5. The minimum Gasteiger partial charge on any atom is -0.748 e. The molecule has 0 radical (unpaired) electrons. The fourth-order valence-electron chi connectivity index (χ4n) is 9.34. The third kappa shape index (κ3) is 153. The van der Waals surface area contributed by atoms with E-state index in [1.807, 2.05) is 0 Å². The Labute approximate surface area is 809 Å². The number of allylic oxidation sites excluding steroid dienone is 1. The van der Waals surface area contributed by atoms with Crippen LogP contribution in [0, 0.1) is 6.92 Å². The fourth-order valence-corrected chi connectivity index (χ4v) is 12.1. The number of hydrogen-bond donors (Lipinski definition) is 7. The molecule has 4 amide bonds. The van der Waals surface area contributed by atoms with Crippen LogP contribution in [0.2, 0.25) is 0 Å². The maximum Gasteiger partial charge on any atom is 1.00 e. The molecule has 0 aromatic heterocycles. The van der Waals surface area contributed by atoms with Gasteiger partial charge in [-0.25, -0.2) is 33.7 Å². The minimum absolute atomic E-state index is 0. The Morgan fingerprint density at radius 2 is 0.696 bits per heavy atom. The third-order valence-corrected chi connectivity index (χ3v) is 19.0. The Bertz CT molecular complexity index is 2610. The number of alkyl halides is 3. The van der Waals surface area contributed by atoms with Gasteiger partial charge < -0.3 is 77.4 Å². The molecule has 0 aromatic rings. The van der Waals surface area contributed by atoms with Crippen molar-refractivity contribution in [3.63, 3.8) is 0 Å². The van der Waals surface area contributed by atoms with Gasteiger partial charge in [-0.1, -0.05) is 210 Å². The SMILES string of the molecule is C=CCCl.C=CCS(=O)(=O)[O-].CCCCCCCCCC(=O)NCCNCCNCCNC(=O)CCCCCCCCC.O.O=S(=O)([O-])CC(O)CCl.O=S(=O)([O-])CCCBr.O=S(=O)=O.[CH2-]CCN(CCNC(=O)CCCCCCCCC)CCN(CCCS(=O)(=O)[O-])CCNC(=O)CCCCCCCCC.[Na+].[Na+].[Na+].[Na+].[Na+]. The van der Waals surface area contributed by atoms with Gasteiger partial charge >= 0.3 is 158 Å². The molecular weight excluding hydrogens is 1710 g/mol. The molecule has 0 heterocycles. The number of carbonyl (C=O) groups is 4. The molecule has 0 fully saturated rings. The quantitative estimate of drug-likeness (QED) is 0.00744. The van der Waals surface area contributed by atoms with Crippen molar-refractivity contribution in [3.8, 4) is 0 Å². The summed E-state index contributed by atoms with van der Waals surface area (Å²) < 4.78 is 146. The van der Waals surface area contributed by atoms with Gasteiger partial charge in [-0.2, -0.15) is 6.42 Å². The summed E-state index contributed by atoms with van der Waals surface area (Å²) in [5.41, 5.74) is 0. The zero-order valence-electron chi connectivity index (χ0n) is 70.2. The first-order valence-electron chi connectivity index (χ1n) is 37.9. The molecule has 112 heavy (non-hydrogen) atoms. The van der Waals surface area contributed by atoms with Crippen LogP contribution in [0.3, 0.4) is 0 Å². The molecule has 644 valence electrons. The second kappa shape index (κ2) is 110.